The number of nitrogens with one attached hydrogen (secondary N) is 1. The minimum Gasteiger partial charge on any atom is -0.369 e. The highest BCUT2D eigenvalue weighted by Gasteiger charge is 2.24. The highest BCUT2D eigenvalue weighted by atomic mass is 16.2. The third-order valence-electron chi connectivity index (χ3n) is 4.65. The number of primary amides is 1. The Kier molecular flexibility index (Phi) is 7.63. The second kappa shape index (κ2) is 9.96. The first-order valence-electron chi connectivity index (χ1n) is 9.26. The van der Waals surface area contributed by atoms with Crippen molar-refractivity contribution in [2.45, 2.75) is 51.9 Å². The maximum Gasteiger partial charge on any atom is 0.254 e. The maximum absolute atomic E-state index is 12.1. The van der Waals surface area contributed by atoms with Crippen LogP contribution in [0.2, 0.25) is 0 Å². The van der Waals surface area contributed by atoms with Gasteiger partial charge in [-0.2, -0.15) is 0 Å². The highest BCUT2D eigenvalue weighted by Crippen LogP contribution is 2.20. The number of carbonyl (C=O) groups excluding carboxylic acids is 2. The minimum atomic E-state index is -0.234. The number of amides is 2. The van der Waals surface area contributed by atoms with Gasteiger partial charge in [-0.05, 0) is 19.3 Å². The topological polar surface area (TPSA) is 101 Å². The summed E-state index contributed by atoms with van der Waals surface area (Å²) >= 11 is 0. The average Bonchev–Trinajstić information content (AvgIpc) is 2.64. The second-order valence-electron chi connectivity index (χ2n) is 6.61. The number of unbranched alkanes of at least 4 members (excludes halogenated alkanes) is 4. The van der Waals surface area contributed by atoms with Gasteiger partial charge in [-0.1, -0.05) is 32.6 Å². The number of hydrogen-bond acceptors (Lipinski definition) is 5. The van der Waals surface area contributed by atoms with Crippen molar-refractivity contribution in [2.75, 3.05) is 24.5 Å². The molecule has 1 aliphatic rings. The predicted octanol–water partition coefficient (Wildman–Crippen LogP) is 1.88. The van der Waals surface area contributed by atoms with Gasteiger partial charge < -0.3 is 16.0 Å². The van der Waals surface area contributed by atoms with Crippen LogP contribution in [-0.4, -0.2) is 41.4 Å². The lowest BCUT2D eigenvalue weighted by atomic mass is 9.96. The van der Waals surface area contributed by atoms with Crippen molar-refractivity contribution in [3.63, 3.8) is 0 Å². The molecule has 2 heterocycles. The molecule has 25 heavy (non-hydrogen) atoms. The minimum absolute atomic E-state index is 0.0568. The number of piperidine rings is 1. The highest BCUT2D eigenvalue weighted by molar-refractivity contribution is 5.93. The van der Waals surface area contributed by atoms with Crippen molar-refractivity contribution in [1.29, 1.82) is 0 Å². The monoisotopic (exact) mass is 347 g/mol. The van der Waals surface area contributed by atoms with Gasteiger partial charge in [0.15, 0.2) is 0 Å². The fourth-order valence-electron chi connectivity index (χ4n) is 3.00. The molecule has 7 nitrogen and oxygen atoms in total. The fourth-order valence-corrected chi connectivity index (χ4v) is 3.00. The van der Waals surface area contributed by atoms with Crippen molar-refractivity contribution in [2.24, 2.45) is 11.7 Å². The SMILES string of the molecule is CCCCCCCNC(=O)c1cnc(N2CCC(C(N)=O)CC2)nc1. The summed E-state index contributed by atoms with van der Waals surface area (Å²) in [5, 5.41) is 2.91. The van der Waals surface area contributed by atoms with Gasteiger partial charge in [-0.25, -0.2) is 9.97 Å². The molecule has 1 fully saturated rings. The summed E-state index contributed by atoms with van der Waals surface area (Å²) in [5.41, 5.74) is 5.82. The van der Waals surface area contributed by atoms with E-state index in [2.05, 4.69) is 22.2 Å². The third kappa shape index (κ3) is 5.99. The molecule has 2 amide bonds. The number of nitrogens with zero attached hydrogens (tertiary/aromatic N) is 3. The molecular formula is C18H29N5O2. The van der Waals surface area contributed by atoms with E-state index in [4.69, 9.17) is 5.73 Å². The molecule has 0 spiro atoms. The normalized spacial score (nSPS) is 15.2. The number of carbonyl (C=O) groups is 2. The Morgan fingerprint density at radius 2 is 1.80 bits per heavy atom. The van der Waals surface area contributed by atoms with Gasteiger partial charge in [0.05, 0.1) is 5.56 Å². The van der Waals surface area contributed by atoms with E-state index in [1.54, 1.807) is 12.4 Å². The van der Waals surface area contributed by atoms with Crippen LogP contribution < -0.4 is 16.0 Å². The van der Waals surface area contributed by atoms with Gasteiger partial charge in [0.2, 0.25) is 11.9 Å². The number of hydrogen-bond donors (Lipinski definition) is 2. The van der Waals surface area contributed by atoms with Crippen LogP contribution in [-0.2, 0) is 4.79 Å². The van der Waals surface area contributed by atoms with E-state index in [0.717, 1.165) is 25.7 Å². The first kappa shape index (κ1) is 19.1. The van der Waals surface area contributed by atoms with E-state index in [1.807, 2.05) is 4.90 Å². The number of aromatic nitrogens is 2. The third-order valence-corrected chi connectivity index (χ3v) is 4.65. The van der Waals surface area contributed by atoms with Gasteiger partial charge in [-0.15, -0.1) is 0 Å². The molecule has 7 heteroatoms. The van der Waals surface area contributed by atoms with E-state index >= 15 is 0 Å². The van der Waals surface area contributed by atoms with Crippen molar-refractivity contribution in [1.82, 2.24) is 15.3 Å². The molecule has 0 aromatic carbocycles. The summed E-state index contributed by atoms with van der Waals surface area (Å²) in [6, 6.07) is 0. The van der Waals surface area contributed by atoms with E-state index in [9.17, 15) is 9.59 Å². The Morgan fingerprint density at radius 1 is 1.16 bits per heavy atom. The van der Waals surface area contributed by atoms with Crippen molar-refractivity contribution in [3.8, 4) is 0 Å². The zero-order valence-electron chi connectivity index (χ0n) is 15.0. The molecule has 3 N–H and O–H groups in total. The molecule has 1 saturated heterocycles. The zero-order chi connectivity index (χ0) is 18.1. The maximum atomic E-state index is 12.1. The van der Waals surface area contributed by atoms with Gasteiger partial charge in [0.25, 0.3) is 5.91 Å². The van der Waals surface area contributed by atoms with Crippen molar-refractivity contribution >= 4 is 17.8 Å². The molecule has 0 atom stereocenters. The van der Waals surface area contributed by atoms with E-state index in [1.165, 1.54) is 19.3 Å². The lowest BCUT2D eigenvalue weighted by Crippen LogP contribution is -2.39. The largest absolute Gasteiger partial charge is 0.369 e. The summed E-state index contributed by atoms with van der Waals surface area (Å²) in [5.74, 6) is 0.175. The first-order chi connectivity index (χ1) is 12.1. The molecule has 1 aromatic heterocycles. The van der Waals surface area contributed by atoms with Crippen LogP contribution in [0.1, 0.15) is 62.2 Å². The Bertz CT molecular complexity index is 553. The standard InChI is InChI=1S/C18H29N5O2/c1-2-3-4-5-6-9-20-17(25)15-12-21-18(22-13-15)23-10-7-14(8-11-23)16(19)24/h12-14H,2-11H2,1H3,(H2,19,24)(H,20,25). The number of anilines is 1. The second-order valence-corrected chi connectivity index (χ2v) is 6.61. The summed E-state index contributed by atoms with van der Waals surface area (Å²) in [4.78, 5) is 33.9. The Hall–Kier alpha value is -2.18. The Balaban J connectivity index is 1.76. The van der Waals surface area contributed by atoms with Crippen LogP contribution in [0.25, 0.3) is 0 Å². The van der Waals surface area contributed by atoms with E-state index < -0.39 is 0 Å². The number of rotatable bonds is 9. The Morgan fingerprint density at radius 3 is 2.40 bits per heavy atom. The average molecular weight is 347 g/mol. The van der Waals surface area contributed by atoms with E-state index in [-0.39, 0.29) is 17.7 Å². The molecular weight excluding hydrogens is 318 g/mol. The summed E-state index contributed by atoms with van der Waals surface area (Å²) in [6.07, 6.45) is 10.4. The molecule has 138 valence electrons. The summed E-state index contributed by atoms with van der Waals surface area (Å²) in [6.45, 7) is 4.28. The molecule has 0 aliphatic carbocycles. The van der Waals surface area contributed by atoms with Gasteiger partial charge in [-0.3, -0.25) is 9.59 Å². The van der Waals surface area contributed by atoms with Crippen LogP contribution in [0.5, 0.6) is 0 Å². The molecule has 0 saturated carbocycles. The number of nitrogens with two attached hydrogens (primary N) is 1. The predicted molar refractivity (Wildman–Crippen MR) is 97.3 cm³/mol. The molecule has 0 radical (unpaired) electrons. The van der Waals surface area contributed by atoms with Gasteiger partial charge in [0.1, 0.15) is 0 Å². The first-order valence-corrected chi connectivity index (χ1v) is 9.26. The van der Waals surface area contributed by atoms with Crippen LogP contribution in [0, 0.1) is 5.92 Å². The summed E-state index contributed by atoms with van der Waals surface area (Å²) < 4.78 is 0. The summed E-state index contributed by atoms with van der Waals surface area (Å²) in [7, 11) is 0. The van der Waals surface area contributed by atoms with Crippen LogP contribution in [0.3, 0.4) is 0 Å². The smallest absolute Gasteiger partial charge is 0.254 e. The molecule has 1 aliphatic heterocycles. The molecule has 0 bridgehead atoms. The fraction of sp³-hybridized carbons (Fsp3) is 0.667. The van der Waals surface area contributed by atoms with Gasteiger partial charge in [0, 0.05) is 37.9 Å². The lowest BCUT2D eigenvalue weighted by Gasteiger charge is -2.30. The lowest BCUT2D eigenvalue weighted by molar-refractivity contribution is -0.122. The van der Waals surface area contributed by atoms with Gasteiger partial charge >= 0.3 is 0 Å². The molecule has 0 unspecified atom stereocenters. The molecule has 1 aromatic rings. The quantitative estimate of drug-likeness (QED) is 0.664. The van der Waals surface area contributed by atoms with Crippen LogP contribution >= 0.6 is 0 Å². The Labute approximate surface area is 149 Å². The zero-order valence-corrected chi connectivity index (χ0v) is 15.0. The van der Waals surface area contributed by atoms with Crippen molar-refractivity contribution < 1.29 is 9.59 Å². The van der Waals surface area contributed by atoms with Crippen LogP contribution in [0.4, 0.5) is 5.95 Å². The van der Waals surface area contributed by atoms with Crippen LogP contribution in [0.15, 0.2) is 12.4 Å². The van der Waals surface area contributed by atoms with Crippen molar-refractivity contribution in [3.05, 3.63) is 18.0 Å². The molecule has 2 rings (SSSR count). The van der Waals surface area contributed by atoms with E-state index in [0.29, 0.717) is 31.1 Å².